The van der Waals surface area contributed by atoms with E-state index >= 15 is 0 Å². The molecular weight excluding hydrogens is 373 g/mol. The molecule has 132 valence electrons. The molecule has 1 aromatic heterocycles. The summed E-state index contributed by atoms with van der Waals surface area (Å²) in [6.07, 6.45) is -5.62. The van der Waals surface area contributed by atoms with Crippen LogP contribution in [0.4, 0.5) is 13.2 Å². The van der Waals surface area contributed by atoms with E-state index in [1.54, 1.807) is 12.1 Å². The predicted molar refractivity (Wildman–Crippen MR) is 90.9 cm³/mol. The van der Waals surface area contributed by atoms with Crippen LogP contribution in [0.2, 0.25) is 0 Å². The Morgan fingerprint density at radius 2 is 1.72 bits per heavy atom. The van der Waals surface area contributed by atoms with Crippen LogP contribution in [-0.2, 0) is 10.0 Å². The number of benzene rings is 2. The molecule has 0 aliphatic heterocycles. The first-order chi connectivity index (χ1) is 11.7. The average Bonchev–Trinajstić information content (AvgIpc) is 2.97. The van der Waals surface area contributed by atoms with Crippen molar-refractivity contribution in [3.05, 3.63) is 48.5 Å². The summed E-state index contributed by atoms with van der Waals surface area (Å²) in [5, 5.41) is 0.746. The highest BCUT2D eigenvalue weighted by atomic mass is 32.2. The van der Waals surface area contributed by atoms with Gasteiger partial charge < -0.3 is 0 Å². The minimum atomic E-state index is -4.40. The molecule has 1 heterocycles. The molecule has 0 atom stereocenters. The number of hydrogen-bond acceptors (Lipinski definition) is 4. The maximum atomic E-state index is 12.1. The van der Waals surface area contributed by atoms with Crippen LogP contribution in [0, 0.1) is 0 Å². The maximum Gasteiger partial charge on any atom is 0.390 e. The number of aromatic nitrogens is 1. The van der Waals surface area contributed by atoms with Crippen molar-refractivity contribution in [3.8, 4) is 10.6 Å². The Balaban J connectivity index is 1.77. The zero-order valence-electron chi connectivity index (χ0n) is 12.7. The van der Waals surface area contributed by atoms with Gasteiger partial charge in [-0.2, -0.15) is 13.2 Å². The Morgan fingerprint density at radius 1 is 1.04 bits per heavy atom. The lowest BCUT2D eigenvalue weighted by atomic mass is 10.2. The molecule has 0 unspecified atom stereocenters. The van der Waals surface area contributed by atoms with Crippen molar-refractivity contribution < 1.29 is 21.6 Å². The molecule has 0 aliphatic rings. The summed E-state index contributed by atoms with van der Waals surface area (Å²) in [5.74, 6) is 0. The topological polar surface area (TPSA) is 59.1 Å². The SMILES string of the molecule is O=S(=O)(NCCC(F)(F)F)c1ccc(-c2nc3ccccc3s2)cc1. The van der Waals surface area contributed by atoms with Gasteiger partial charge in [0.2, 0.25) is 10.0 Å². The molecule has 3 aromatic rings. The first kappa shape index (κ1) is 17.8. The lowest BCUT2D eigenvalue weighted by molar-refractivity contribution is -0.132. The number of thiazole rings is 1. The number of nitrogens with zero attached hydrogens (tertiary/aromatic N) is 1. The highest BCUT2D eigenvalue weighted by Gasteiger charge is 2.27. The minimum absolute atomic E-state index is 0.0838. The predicted octanol–water partition coefficient (Wildman–Crippen LogP) is 4.19. The molecule has 25 heavy (non-hydrogen) atoms. The number of para-hydroxylation sites is 1. The summed E-state index contributed by atoms with van der Waals surface area (Å²) in [6.45, 7) is -0.689. The molecule has 1 N–H and O–H groups in total. The second-order valence-electron chi connectivity index (χ2n) is 5.27. The van der Waals surface area contributed by atoms with Gasteiger partial charge in [0.25, 0.3) is 0 Å². The van der Waals surface area contributed by atoms with Crippen LogP contribution in [-0.4, -0.2) is 26.1 Å². The van der Waals surface area contributed by atoms with Crippen molar-refractivity contribution in [3.63, 3.8) is 0 Å². The number of nitrogens with one attached hydrogen (secondary N) is 1. The highest BCUT2D eigenvalue weighted by molar-refractivity contribution is 7.89. The molecule has 3 rings (SSSR count). The van der Waals surface area contributed by atoms with Crippen LogP contribution in [0.25, 0.3) is 20.8 Å². The van der Waals surface area contributed by atoms with E-state index < -0.39 is 29.2 Å². The van der Waals surface area contributed by atoms with Gasteiger partial charge in [0.15, 0.2) is 0 Å². The second-order valence-corrected chi connectivity index (χ2v) is 8.07. The smallest absolute Gasteiger partial charge is 0.236 e. The van der Waals surface area contributed by atoms with E-state index in [1.165, 1.54) is 23.5 Å². The van der Waals surface area contributed by atoms with E-state index in [-0.39, 0.29) is 4.90 Å². The number of fused-ring (bicyclic) bond motifs is 1. The second kappa shape index (κ2) is 6.74. The number of hydrogen-bond donors (Lipinski definition) is 1. The van der Waals surface area contributed by atoms with E-state index in [4.69, 9.17) is 0 Å². The number of alkyl halides is 3. The fourth-order valence-corrected chi connectivity index (χ4v) is 4.19. The van der Waals surface area contributed by atoms with Crippen LogP contribution in [0.15, 0.2) is 53.4 Å². The Bertz CT molecular complexity index is 948. The number of halogens is 3. The van der Waals surface area contributed by atoms with Crippen LogP contribution >= 0.6 is 11.3 Å². The van der Waals surface area contributed by atoms with Crippen molar-refractivity contribution in [2.45, 2.75) is 17.5 Å². The van der Waals surface area contributed by atoms with Gasteiger partial charge >= 0.3 is 6.18 Å². The molecule has 0 amide bonds. The minimum Gasteiger partial charge on any atom is -0.236 e. The van der Waals surface area contributed by atoms with Crippen molar-refractivity contribution in [2.75, 3.05) is 6.54 Å². The first-order valence-corrected chi connectivity index (χ1v) is 9.57. The quantitative estimate of drug-likeness (QED) is 0.715. The van der Waals surface area contributed by atoms with Crippen LogP contribution in [0.3, 0.4) is 0 Å². The standard InChI is InChI=1S/C16H13F3N2O2S2/c17-16(18,19)9-10-20-25(22,23)12-7-5-11(6-8-12)15-21-13-3-1-2-4-14(13)24-15/h1-8,20H,9-10H2. The summed E-state index contributed by atoms with van der Waals surface area (Å²) in [7, 11) is -3.97. The maximum absolute atomic E-state index is 12.1. The summed E-state index contributed by atoms with van der Waals surface area (Å²) in [6, 6.07) is 13.5. The van der Waals surface area contributed by atoms with Gasteiger partial charge in [0.05, 0.1) is 21.5 Å². The van der Waals surface area contributed by atoms with E-state index in [1.807, 2.05) is 29.0 Å². The number of rotatable bonds is 5. The summed E-state index contributed by atoms with van der Waals surface area (Å²) in [4.78, 5) is 4.40. The molecule has 0 spiro atoms. The molecule has 0 bridgehead atoms. The van der Waals surface area contributed by atoms with Gasteiger partial charge in [-0.1, -0.05) is 24.3 Å². The lowest BCUT2D eigenvalue weighted by Crippen LogP contribution is -2.28. The number of sulfonamides is 1. The average molecular weight is 386 g/mol. The molecule has 0 fully saturated rings. The zero-order chi connectivity index (χ0) is 18.1. The largest absolute Gasteiger partial charge is 0.390 e. The third-order valence-electron chi connectivity index (χ3n) is 3.41. The van der Waals surface area contributed by atoms with Gasteiger partial charge in [-0.25, -0.2) is 18.1 Å². The van der Waals surface area contributed by atoms with Crippen LogP contribution in [0.1, 0.15) is 6.42 Å². The molecule has 4 nitrogen and oxygen atoms in total. The van der Waals surface area contributed by atoms with E-state index in [9.17, 15) is 21.6 Å². The summed E-state index contributed by atoms with van der Waals surface area (Å²) >= 11 is 1.48. The third-order valence-corrected chi connectivity index (χ3v) is 5.97. The van der Waals surface area contributed by atoms with Crippen molar-refractivity contribution >= 4 is 31.6 Å². The Labute approximate surface area is 146 Å². The monoisotopic (exact) mass is 386 g/mol. The molecule has 0 saturated heterocycles. The van der Waals surface area contributed by atoms with Crippen molar-refractivity contribution in [1.29, 1.82) is 0 Å². The van der Waals surface area contributed by atoms with Gasteiger partial charge in [-0.15, -0.1) is 11.3 Å². The third kappa shape index (κ3) is 4.36. The molecular formula is C16H13F3N2O2S2. The van der Waals surface area contributed by atoms with Crippen LogP contribution < -0.4 is 4.72 Å². The van der Waals surface area contributed by atoms with E-state index in [0.717, 1.165) is 20.8 Å². The molecule has 9 heteroatoms. The molecule has 0 aliphatic carbocycles. The van der Waals surface area contributed by atoms with E-state index in [0.29, 0.717) is 0 Å². The molecule has 2 aromatic carbocycles. The lowest BCUT2D eigenvalue weighted by Gasteiger charge is -2.09. The summed E-state index contributed by atoms with van der Waals surface area (Å²) in [5.41, 5.74) is 1.60. The fraction of sp³-hybridized carbons (Fsp3) is 0.188. The Hall–Kier alpha value is -1.97. The first-order valence-electron chi connectivity index (χ1n) is 7.27. The van der Waals surface area contributed by atoms with Gasteiger partial charge in [0, 0.05) is 12.1 Å². The Kier molecular flexibility index (Phi) is 4.81. The van der Waals surface area contributed by atoms with Gasteiger partial charge in [-0.3, -0.25) is 0 Å². The van der Waals surface area contributed by atoms with E-state index in [2.05, 4.69) is 4.98 Å². The fourth-order valence-electron chi connectivity index (χ4n) is 2.18. The Morgan fingerprint density at radius 3 is 2.36 bits per heavy atom. The molecule has 0 radical (unpaired) electrons. The van der Waals surface area contributed by atoms with Crippen molar-refractivity contribution in [1.82, 2.24) is 9.71 Å². The van der Waals surface area contributed by atoms with Gasteiger partial charge in [0.1, 0.15) is 5.01 Å². The normalized spacial score (nSPS) is 12.6. The van der Waals surface area contributed by atoms with Crippen molar-refractivity contribution in [2.24, 2.45) is 0 Å². The highest BCUT2D eigenvalue weighted by Crippen LogP contribution is 2.30. The van der Waals surface area contributed by atoms with Gasteiger partial charge in [-0.05, 0) is 24.3 Å². The molecule has 0 saturated carbocycles. The van der Waals surface area contributed by atoms with Crippen LogP contribution in [0.5, 0.6) is 0 Å². The summed E-state index contributed by atoms with van der Waals surface area (Å²) < 4.78 is 63.4. The zero-order valence-corrected chi connectivity index (χ0v) is 14.4.